The summed E-state index contributed by atoms with van der Waals surface area (Å²) in [6.07, 6.45) is 0. The average Bonchev–Trinajstić information content (AvgIpc) is 2.61. The van der Waals surface area contributed by atoms with Crippen molar-refractivity contribution in [3.05, 3.63) is 58.3 Å². The van der Waals surface area contributed by atoms with Crippen LogP contribution in [0.15, 0.2) is 46.9 Å². The molecular weight excluding hydrogens is 387 g/mol. The van der Waals surface area contributed by atoms with Gasteiger partial charge < -0.3 is 14.5 Å². The number of benzene rings is 2. The van der Waals surface area contributed by atoms with Crippen LogP contribution in [0.1, 0.15) is 5.56 Å². The predicted octanol–water partition coefficient (Wildman–Crippen LogP) is 3.62. The number of aryl methyl sites for hydroxylation is 1. The topological polar surface area (TPSA) is 32.8 Å². The van der Waals surface area contributed by atoms with Gasteiger partial charge in [-0.05, 0) is 55.0 Å². The zero-order valence-electron chi connectivity index (χ0n) is 14.0. The summed E-state index contributed by atoms with van der Waals surface area (Å²) in [5, 5.41) is 0. The van der Waals surface area contributed by atoms with E-state index in [0.717, 1.165) is 34.6 Å². The van der Waals surface area contributed by atoms with E-state index in [0.29, 0.717) is 13.1 Å². The molecule has 1 fully saturated rings. The van der Waals surface area contributed by atoms with Crippen LogP contribution >= 0.6 is 15.9 Å². The van der Waals surface area contributed by atoms with Gasteiger partial charge in [-0.15, -0.1) is 0 Å². The third-order valence-corrected chi connectivity index (χ3v) is 4.81. The molecule has 0 bridgehead atoms. The second kappa shape index (κ2) is 7.87. The lowest BCUT2D eigenvalue weighted by atomic mass is 10.2. The number of rotatable bonds is 4. The summed E-state index contributed by atoms with van der Waals surface area (Å²) in [6.45, 7) is 4.73. The van der Waals surface area contributed by atoms with Crippen LogP contribution in [0.3, 0.4) is 0 Å². The highest BCUT2D eigenvalue weighted by Gasteiger charge is 2.21. The number of ether oxygens (including phenoxy) is 1. The smallest absolute Gasteiger partial charge is 0.260 e. The molecule has 1 aliphatic rings. The van der Waals surface area contributed by atoms with Crippen molar-refractivity contribution in [1.82, 2.24) is 4.90 Å². The molecule has 0 aromatic heterocycles. The molecule has 132 valence electrons. The summed E-state index contributed by atoms with van der Waals surface area (Å²) in [5.74, 6) is 0.473. The number of hydrogen-bond donors (Lipinski definition) is 0. The van der Waals surface area contributed by atoms with E-state index < -0.39 is 0 Å². The third-order valence-electron chi connectivity index (χ3n) is 4.31. The second-order valence-corrected chi connectivity index (χ2v) is 6.96. The van der Waals surface area contributed by atoms with E-state index in [4.69, 9.17) is 4.74 Å². The molecule has 0 unspecified atom stereocenters. The molecule has 0 spiro atoms. The molecule has 1 aliphatic heterocycles. The third kappa shape index (κ3) is 4.51. The Morgan fingerprint density at radius 2 is 1.80 bits per heavy atom. The zero-order valence-corrected chi connectivity index (χ0v) is 15.6. The van der Waals surface area contributed by atoms with Crippen LogP contribution in [0.4, 0.5) is 10.1 Å². The molecule has 4 nitrogen and oxygen atoms in total. The number of hydrogen-bond acceptors (Lipinski definition) is 3. The maximum absolute atomic E-state index is 13.0. The monoisotopic (exact) mass is 406 g/mol. The molecule has 1 saturated heterocycles. The number of amides is 1. The van der Waals surface area contributed by atoms with Crippen LogP contribution in [0.2, 0.25) is 0 Å². The first-order chi connectivity index (χ1) is 12.0. The Labute approximate surface area is 155 Å². The number of halogens is 2. The van der Waals surface area contributed by atoms with Crippen molar-refractivity contribution in [1.29, 1.82) is 0 Å². The van der Waals surface area contributed by atoms with Crippen LogP contribution < -0.4 is 9.64 Å². The van der Waals surface area contributed by atoms with E-state index >= 15 is 0 Å². The van der Waals surface area contributed by atoms with Gasteiger partial charge in [-0.3, -0.25) is 4.79 Å². The van der Waals surface area contributed by atoms with E-state index in [-0.39, 0.29) is 18.3 Å². The Morgan fingerprint density at radius 3 is 2.44 bits per heavy atom. The first-order valence-electron chi connectivity index (χ1n) is 8.20. The van der Waals surface area contributed by atoms with E-state index in [1.165, 1.54) is 12.1 Å². The molecule has 6 heteroatoms. The summed E-state index contributed by atoms with van der Waals surface area (Å²) in [7, 11) is 0. The molecule has 0 saturated carbocycles. The molecule has 2 aromatic carbocycles. The van der Waals surface area contributed by atoms with Crippen molar-refractivity contribution in [2.24, 2.45) is 0 Å². The van der Waals surface area contributed by atoms with Gasteiger partial charge in [-0.25, -0.2) is 4.39 Å². The minimum absolute atomic E-state index is 0.0129. The predicted molar refractivity (Wildman–Crippen MR) is 99.6 cm³/mol. The molecule has 0 N–H and O–H groups in total. The molecule has 0 atom stereocenters. The van der Waals surface area contributed by atoms with Crippen molar-refractivity contribution in [3.63, 3.8) is 0 Å². The maximum Gasteiger partial charge on any atom is 0.260 e. The first kappa shape index (κ1) is 17.7. The minimum Gasteiger partial charge on any atom is -0.483 e. The fraction of sp³-hybridized carbons (Fsp3) is 0.316. The van der Waals surface area contributed by atoms with E-state index in [2.05, 4.69) is 20.8 Å². The molecule has 0 aliphatic carbocycles. The summed E-state index contributed by atoms with van der Waals surface area (Å²) >= 11 is 3.41. The Bertz CT molecular complexity index is 744. The van der Waals surface area contributed by atoms with Crippen molar-refractivity contribution in [2.75, 3.05) is 37.7 Å². The van der Waals surface area contributed by atoms with Crippen LogP contribution in [-0.4, -0.2) is 43.6 Å². The standard InChI is InChI=1S/C19H20BrFN2O2/c1-14-12-15(20)2-7-18(14)25-13-19(24)23-10-8-22(9-11-23)17-5-3-16(21)4-6-17/h2-7,12H,8-11,13H2,1H3. The van der Waals surface area contributed by atoms with Crippen molar-refractivity contribution < 1.29 is 13.9 Å². The van der Waals surface area contributed by atoms with E-state index in [9.17, 15) is 9.18 Å². The van der Waals surface area contributed by atoms with Gasteiger partial charge in [0.15, 0.2) is 6.61 Å². The Morgan fingerprint density at radius 1 is 1.12 bits per heavy atom. The van der Waals surface area contributed by atoms with Crippen LogP contribution in [0.5, 0.6) is 5.75 Å². The van der Waals surface area contributed by atoms with Crippen molar-refractivity contribution in [3.8, 4) is 5.75 Å². The average molecular weight is 407 g/mol. The number of anilines is 1. The van der Waals surface area contributed by atoms with Gasteiger partial charge in [0.1, 0.15) is 11.6 Å². The Kier molecular flexibility index (Phi) is 5.58. The molecule has 25 heavy (non-hydrogen) atoms. The molecule has 3 rings (SSSR count). The van der Waals surface area contributed by atoms with Gasteiger partial charge in [0.05, 0.1) is 0 Å². The molecule has 0 radical (unpaired) electrons. The molecule has 1 heterocycles. The lowest BCUT2D eigenvalue weighted by Gasteiger charge is -2.36. The van der Waals surface area contributed by atoms with Gasteiger partial charge in [0, 0.05) is 36.3 Å². The normalized spacial score (nSPS) is 14.5. The highest BCUT2D eigenvalue weighted by molar-refractivity contribution is 9.10. The molecule has 2 aromatic rings. The fourth-order valence-corrected chi connectivity index (χ4v) is 3.35. The van der Waals surface area contributed by atoms with E-state index in [1.54, 1.807) is 12.1 Å². The number of nitrogens with zero attached hydrogens (tertiary/aromatic N) is 2. The lowest BCUT2D eigenvalue weighted by Crippen LogP contribution is -2.50. The zero-order chi connectivity index (χ0) is 17.8. The Hall–Kier alpha value is -2.08. The van der Waals surface area contributed by atoms with Crippen LogP contribution in [0.25, 0.3) is 0 Å². The van der Waals surface area contributed by atoms with Gasteiger partial charge in [0.2, 0.25) is 0 Å². The fourth-order valence-electron chi connectivity index (χ4n) is 2.87. The summed E-state index contributed by atoms with van der Waals surface area (Å²) in [5.41, 5.74) is 1.97. The number of carbonyl (C=O) groups excluding carboxylic acids is 1. The van der Waals surface area contributed by atoms with Gasteiger partial charge >= 0.3 is 0 Å². The van der Waals surface area contributed by atoms with Crippen LogP contribution in [-0.2, 0) is 4.79 Å². The van der Waals surface area contributed by atoms with Crippen molar-refractivity contribution in [2.45, 2.75) is 6.92 Å². The SMILES string of the molecule is Cc1cc(Br)ccc1OCC(=O)N1CCN(c2ccc(F)cc2)CC1. The minimum atomic E-state index is -0.238. The van der Waals surface area contributed by atoms with Gasteiger partial charge in [0.25, 0.3) is 5.91 Å². The van der Waals surface area contributed by atoms with Crippen LogP contribution in [0, 0.1) is 12.7 Å². The quantitative estimate of drug-likeness (QED) is 0.776. The summed E-state index contributed by atoms with van der Waals surface area (Å²) in [4.78, 5) is 16.3. The maximum atomic E-state index is 13.0. The lowest BCUT2D eigenvalue weighted by molar-refractivity contribution is -0.133. The van der Waals surface area contributed by atoms with Crippen molar-refractivity contribution >= 4 is 27.5 Å². The van der Waals surface area contributed by atoms with Gasteiger partial charge in [-0.2, -0.15) is 0 Å². The highest BCUT2D eigenvalue weighted by atomic mass is 79.9. The molecule has 1 amide bonds. The molecular formula is C19H20BrFN2O2. The number of carbonyl (C=O) groups is 1. The summed E-state index contributed by atoms with van der Waals surface area (Å²) in [6, 6.07) is 12.2. The largest absolute Gasteiger partial charge is 0.483 e. The van der Waals surface area contributed by atoms with Gasteiger partial charge in [-0.1, -0.05) is 15.9 Å². The van der Waals surface area contributed by atoms with E-state index in [1.807, 2.05) is 30.0 Å². The summed E-state index contributed by atoms with van der Waals surface area (Å²) < 4.78 is 19.7. The number of piperazine rings is 1. The highest BCUT2D eigenvalue weighted by Crippen LogP contribution is 2.22. The second-order valence-electron chi connectivity index (χ2n) is 6.04. The Balaban J connectivity index is 1.50. The first-order valence-corrected chi connectivity index (χ1v) is 8.99.